The number of ether oxygens (including phenoxy) is 1. The second-order valence-corrected chi connectivity index (χ2v) is 6.67. The summed E-state index contributed by atoms with van der Waals surface area (Å²) < 4.78 is 4.73. The SMILES string of the molecule is COC(=O)c1ccccc1NC(=O)c1ccc(-c2ccc3ccccc3c2)[nH]c1=O. The fourth-order valence-electron chi connectivity index (χ4n) is 3.25. The normalized spacial score (nSPS) is 10.6. The van der Waals surface area contributed by atoms with Crippen molar-refractivity contribution in [3.63, 3.8) is 0 Å². The van der Waals surface area contributed by atoms with Gasteiger partial charge in [-0.2, -0.15) is 0 Å². The average Bonchev–Trinajstić information content (AvgIpc) is 2.78. The number of hydrogen-bond acceptors (Lipinski definition) is 4. The largest absolute Gasteiger partial charge is 0.465 e. The van der Waals surface area contributed by atoms with Crippen molar-refractivity contribution in [2.45, 2.75) is 0 Å². The molecular weight excluding hydrogens is 380 g/mol. The molecule has 30 heavy (non-hydrogen) atoms. The fourth-order valence-corrected chi connectivity index (χ4v) is 3.25. The highest BCUT2D eigenvalue weighted by Gasteiger charge is 2.16. The first-order valence-corrected chi connectivity index (χ1v) is 9.28. The molecule has 0 radical (unpaired) electrons. The summed E-state index contributed by atoms with van der Waals surface area (Å²) in [4.78, 5) is 39.8. The van der Waals surface area contributed by atoms with Crippen molar-refractivity contribution in [3.8, 4) is 11.3 Å². The number of carbonyl (C=O) groups is 2. The zero-order chi connectivity index (χ0) is 21.1. The Bertz CT molecular complexity index is 1320. The maximum Gasteiger partial charge on any atom is 0.339 e. The molecule has 0 bridgehead atoms. The number of methoxy groups -OCH3 is 1. The lowest BCUT2D eigenvalue weighted by molar-refractivity contribution is 0.0602. The molecule has 4 rings (SSSR count). The third kappa shape index (κ3) is 3.71. The van der Waals surface area contributed by atoms with E-state index in [1.54, 1.807) is 24.3 Å². The van der Waals surface area contributed by atoms with Crippen LogP contribution in [0.1, 0.15) is 20.7 Å². The van der Waals surface area contributed by atoms with Gasteiger partial charge >= 0.3 is 5.97 Å². The molecule has 1 heterocycles. The van der Waals surface area contributed by atoms with Crippen LogP contribution in [-0.4, -0.2) is 24.0 Å². The maximum atomic E-state index is 12.6. The van der Waals surface area contributed by atoms with E-state index in [2.05, 4.69) is 10.3 Å². The van der Waals surface area contributed by atoms with Crippen LogP contribution in [0.5, 0.6) is 0 Å². The van der Waals surface area contributed by atoms with Crippen molar-refractivity contribution >= 4 is 28.3 Å². The Labute approximate surface area is 172 Å². The summed E-state index contributed by atoms with van der Waals surface area (Å²) in [5.41, 5.74) is 1.35. The highest BCUT2D eigenvalue weighted by molar-refractivity contribution is 6.07. The van der Waals surface area contributed by atoms with E-state index >= 15 is 0 Å². The topological polar surface area (TPSA) is 88.3 Å². The predicted octanol–water partition coefficient (Wildman–Crippen LogP) is 4.23. The summed E-state index contributed by atoms with van der Waals surface area (Å²) in [5, 5.41) is 4.76. The molecule has 0 aliphatic carbocycles. The van der Waals surface area contributed by atoms with Crippen LogP contribution >= 0.6 is 0 Å². The number of hydrogen-bond donors (Lipinski definition) is 2. The monoisotopic (exact) mass is 398 g/mol. The minimum Gasteiger partial charge on any atom is -0.465 e. The lowest BCUT2D eigenvalue weighted by Gasteiger charge is -2.10. The second-order valence-electron chi connectivity index (χ2n) is 6.67. The molecule has 0 fully saturated rings. The minimum absolute atomic E-state index is 0.0563. The molecule has 0 saturated heterocycles. The number of pyridine rings is 1. The first-order valence-electron chi connectivity index (χ1n) is 9.28. The Morgan fingerprint density at radius 2 is 1.57 bits per heavy atom. The van der Waals surface area contributed by atoms with Gasteiger partial charge in [0.15, 0.2) is 0 Å². The zero-order valence-corrected chi connectivity index (χ0v) is 16.1. The van der Waals surface area contributed by atoms with Gasteiger partial charge in [0.05, 0.1) is 18.4 Å². The van der Waals surface area contributed by atoms with E-state index in [-0.39, 0.29) is 16.8 Å². The van der Waals surface area contributed by atoms with Crippen LogP contribution in [0.2, 0.25) is 0 Å². The van der Waals surface area contributed by atoms with E-state index in [1.165, 1.54) is 19.2 Å². The molecule has 2 N–H and O–H groups in total. The number of benzene rings is 3. The summed E-state index contributed by atoms with van der Waals surface area (Å²) in [6, 6.07) is 23.4. The highest BCUT2D eigenvalue weighted by Crippen LogP contribution is 2.23. The van der Waals surface area contributed by atoms with Gasteiger partial charge in [-0.3, -0.25) is 9.59 Å². The Balaban J connectivity index is 1.63. The number of esters is 1. The van der Waals surface area contributed by atoms with Crippen LogP contribution in [0, 0.1) is 0 Å². The maximum absolute atomic E-state index is 12.6. The number of para-hydroxylation sites is 1. The van der Waals surface area contributed by atoms with E-state index < -0.39 is 17.4 Å². The Morgan fingerprint density at radius 1 is 0.833 bits per heavy atom. The first kappa shape index (κ1) is 19.1. The van der Waals surface area contributed by atoms with Crippen LogP contribution in [0.3, 0.4) is 0 Å². The number of carbonyl (C=O) groups excluding carboxylic acids is 2. The molecule has 1 aromatic heterocycles. The fraction of sp³-hybridized carbons (Fsp3) is 0.0417. The molecule has 0 unspecified atom stereocenters. The zero-order valence-electron chi connectivity index (χ0n) is 16.1. The number of H-pyrrole nitrogens is 1. The Morgan fingerprint density at radius 3 is 2.33 bits per heavy atom. The lowest BCUT2D eigenvalue weighted by Crippen LogP contribution is -2.24. The van der Waals surface area contributed by atoms with Crippen LogP contribution in [-0.2, 0) is 4.74 Å². The quantitative estimate of drug-likeness (QED) is 0.504. The summed E-state index contributed by atoms with van der Waals surface area (Å²) in [7, 11) is 1.26. The van der Waals surface area contributed by atoms with Gasteiger partial charge in [-0.05, 0) is 46.7 Å². The lowest BCUT2D eigenvalue weighted by atomic mass is 10.0. The van der Waals surface area contributed by atoms with Gasteiger partial charge in [0.25, 0.3) is 11.5 Å². The van der Waals surface area contributed by atoms with Crippen molar-refractivity contribution in [1.82, 2.24) is 4.98 Å². The van der Waals surface area contributed by atoms with Crippen LogP contribution < -0.4 is 10.9 Å². The van der Waals surface area contributed by atoms with Gasteiger partial charge in [-0.15, -0.1) is 0 Å². The molecule has 0 atom stereocenters. The van der Waals surface area contributed by atoms with Crippen molar-refractivity contribution in [3.05, 3.63) is 100 Å². The number of anilines is 1. The highest BCUT2D eigenvalue weighted by atomic mass is 16.5. The second kappa shape index (κ2) is 8.05. The molecule has 1 amide bonds. The number of nitrogens with one attached hydrogen (secondary N) is 2. The van der Waals surface area contributed by atoms with Gasteiger partial charge in [0.1, 0.15) is 5.56 Å². The smallest absolute Gasteiger partial charge is 0.339 e. The third-order valence-electron chi connectivity index (χ3n) is 4.80. The van der Waals surface area contributed by atoms with Crippen LogP contribution in [0.15, 0.2) is 83.7 Å². The van der Waals surface area contributed by atoms with Gasteiger partial charge < -0.3 is 15.0 Å². The van der Waals surface area contributed by atoms with E-state index in [4.69, 9.17) is 4.74 Å². The first-order chi connectivity index (χ1) is 14.6. The van der Waals surface area contributed by atoms with E-state index in [9.17, 15) is 14.4 Å². The number of rotatable bonds is 4. The molecule has 4 aromatic rings. The van der Waals surface area contributed by atoms with Crippen molar-refractivity contribution in [2.24, 2.45) is 0 Å². The van der Waals surface area contributed by atoms with E-state index in [0.717, 1.165) is 16.3 Å². The number of fused-ring (bicyclic) bond motifs is 1. The molecule has 0 spiro atoms. The molecule has 0 aliphatic rings. The predicted molar refractivity (Wildman–Crippen MR) is 116 cm³/mol. The molecule has 0 aliphatic heterocycles. The minimum atomic E-state index is -0.613. The molecule has 0 saturated carbocycles. The number of aromatic nitrogens is 1. The number of aromatic amines is 1. The Kier molecular flexibility index (Phi) is 5.13. The Hall–Kier alpha value is -4.19. The molecular formula is C24H18N2O4. The van der Waals surface area contributed by atoms with Crippen LogP contribution in [0.25, 0.3) is 22.0 Å². The van der Waals surface area contributed by atoms with Gasteiger partial charge in [-0.25, -0.2) is 4.79 Å². The van der Waals surface area contributed by atoms with Crippen LogP contribution in [0.4, 0.5) is 5.69 Å². The molecule has 6 nitrogen and oxygen atoms in total. The number of amides is 1. The van der Waals surface area contributed by atoms with Gasteiger partial charge in [0, 0.05) is 5.69 Å². The summed E-state index contributed by atoms with van der Waals surface area (Å²) in [6.45, 7) is 0. The van der Waals surface area contributed by atoms with Gasteiger partial charge in [-0.1, -0.05) is 48.5 Å². The standard InChI is InChI=1S/C24H18N2O4/c1-30-24(29)18-8-4-5-9-21(18)26-23(28)19-12-13-20(25-22(19)27)17-11-10-15-6-2-3-7-16(15)14-17/h2-14H,1H3,(H,25,27)(H,26,28). The van der Waals surface area contributed by atoms with E-state index in [1.807, 2.05) is 42.5 Å². The third-order valence-corrected chi connectivity index (χ3v) is 4.80. The average molecular weight is 398 g/mol. The van der Waals surface area contributed by atoms with E-state index in [0.29, 0.717) is 5.69 Å². The van der Waals surface area contributed by atoms with Crippen molar-refractivity contribution in [2.75, 3.05) is 12.4 Å². The summed E-state index contributed by atoms with van der Waals surface area (Å²) in [6.07, 6.45) is 0. The van der Waals surface area contributed by atoms with Crippen molar-refractivity contribution < 1.29 is 14.3 Å². The van der Waals surface area contributed by atoms with Gasteiger partial charge in [0.2, 0.25) is 0 Å². The molecule has 148 valence electrons. The molecule has 6 heteroatoms. The van der Waals surface area contributed by atoms with Crippen molar-refractivity contribution in [1.29, 1.82) is 0 Å². The summed E-state index contributed by atoms with van der Waals surface area (Å²) in [5.74, 6) is -1.19. The molecule has 3 aromatic carbocycles. The summed E-state index contributed by atoms with van der Waals surface area (Å²) >= 11 is 0.